The van der Waals surface area contributed by atoms with E-state index in [4.69, 9.17) is 5.73 Å². The fraction of sp³-hybridized carbons (Fsp3) is 0.474. The van der Waals surface area contributed by atoms with Crippen molar-refractivity contribution in [3.05, 3.63) is 48.3 Å². The summed E-state index contributed by atoms with van der Waals surface area (Å²) in [6.07, 6.45) is 8.36. The molecule has 1 amide bonds. The topological polar surface area (TPSA) is 64.2 Å². The number of nitrogens with zero attached hydrogens (tertiary/aromatic N) is 3. The van der Waals surface area contributed by atoms with Crippen LogP contribution in [0.3, 0.4) is 0 Å². The van der Waals surface area contributed by atoms with Gasteiger partial charge in [-0.2, -0.15) is 5.10 Å². The molecule has 1 aromatic heterocycles. The van der Waals surface area contributed by atoms with Crippen molar-refractivity contribution in [2.75, 3.05) is 6.54 Å². The van der Waals surface area contributed by atoms with E-state index >= 15 is 0 Å². The van der Waals surface area contributed by atoms with Gasteiger partial charge in [0.05, 0.1) is 11.9 Å². The Labute approximate surface area is 143 Å². The van der Waals surface area contributed by atoms with E-state index in [1.54, 1.807) is 0 Å². The summed E-state index contributed by atoms with van der Waals surface area (Å²) in [5.41, 5.74) is 8.18. The van der Waals surface area contributed by atoms with E-state index in [1.807, 2.05) is 59.2 Å². The van der Waals surface area contributed by atoms with Gasteiger partial charge in [-0.1, -0.05) is 18.2 Å². The van der Waals surface area contributed by atoms with Crippen molar-refractivity contribution in [2.24, 2.45) is 5.73 Å². The molecule has 2 atom stereocenters. The maximum atomic E-state index is 12.6. The molecule has 5 nitrogen and oxygen atoms in total. The van der Waals surface area contributed by atoms with Gasteiger partial charge in [0, 0.05) is 31.2 Å². The van der Waals surface area contributed by atoms with E-state index < -0.39 is 0 Å². The number of carbonyl (C=O) groups excluding carboxylic acids is 1. The van der Waals surface area contributed by atoms with Crippen LogP contribution in [0.15, 0.2) is 42.7 Å². The Balaban J connectivity index is 1.59. The molecular weight excluding hydrogens is 300 g/mol. The monoisotopic (exact) mass is 326 g/mol. The molecule has 1 aliphatic heterocycles. The first-order chi connectivity index (χ1) is 11.6. The zero-order valence-corrected chi connectivity index (χ0v) is 14.3. The first-order valence-corrected chi connectivity index (χ1v) is 8.79. The standard InChI is InChI=1S/C19H26N4O/c1-15(20)18-9-5-6-12-22(18)19(24)11-10-16-13-21-23(14-16)17-7-3-2-4-8-17/h2-4,7-8,13-15,18H,5-6,9-12,20H2,1H3. The van der Waals surface area contributed by atoms with Crippen molar-refractivity contribution in [3.8, 4) is 5.69 Å². The second-order valence-electron chi connectivity index (χ2n) is 6.64. The number of piperidine rings is 1. The van der Waals surface area contributed by atoms with Gasteiger partial charge in [-0.3, -0.25) is 4.79 Å². The molecule has 1 saturated heterocycles. The average Bonchev–Trinajstić information content (AvgIpc) is 3.09. The van der Waals surface area contributed by atoms with Crippen LogP contribution in [0, 0.1) is 0 Å². The van der Waals surface area contributed by atoms with Gasteiger partial charge in [0.25, 0.3) is 0 Å². The smallest absolute Gasteiger partial charge is 0.223 e. The lowest BCUT2D eigenvalue weighted by Gasteiger charge is -2.38. The zero-order chi connectivity index (χ0) is 16.9. The van der Waals surface area contributed by atoms with Crippen LogP contribution in [-0.4, -0.2) is 39.2 Å². The van der Waals surface area contributed by atoms with Gasteiger partial charge in [0.15, 0.2) is 0 Å². The summed E-state index contributed by atoms with van der Waals surface area (Å²) in [5, 5.41) is 4.39. The van der Waals surface area contributed by atoms with E-state index in [-0.39, 0.29) is 18.0 Å². The van der Waals surface area contributed by atoms with Crippen molar-refractivity contribution >= 4 is 5.91 Å². The van der Waals surface area contributed by atoms with E-state index in [0.29, 0.717) is 12.8 Å². The number of benzene rings is 1. The van der Waals surface area contributed by atoms with Crippen LogP contribution in [0.25, 0.3) is 5.69 Å². The van der Waals surface area contributed by atoms with Gasteiger partial charge in [-0.15, -0.1) is 0 Å². The van der Waals surface area contributed by atoms with Crippen LogP contribution in [0.1, 0.15) is 38.2 Å². The Kier molecular flexibility index (Phi) is 5.30. The van der Waals surface area contributed by atoms with Crippen LogP contribution in [0.2, 0.25) is 0 Å². The fourth-order valence-corrected chi connectivity index (χ4v) is 3.42. The molecule has 1 fully saturated rings. The van der Waals surface area contributed by atoms with Crippen molar-refractivity contribution < 1.29 is 4.79 Å². The third-order valence-electron chi connectivity index (χ3n) is 4.76. The van der Waals surface area contributed by atoms with Crippen molar-refractivity contribution in [2.45, 2.75) is 51.1 Å². The third-order valence-corrected chi connectivity index (χ3v) is 4.76. The Bertz CT molecular complexity index is 665. The number of aryl methyl sites for hydroxylation is 1. The predicted molar refractivity (Wildman–Crippen MR) is 94.9 cm³/mol. The first kappa shape index (κ1) is 16.7. The number of rotatable bonds is 5. The van der Waals surface area contributed by atoms with Gasteiger partial charge in [-0.05, 0) is 50.3 Å². The summed E-state index contributed by atoms with van der Waals surface area (Å²) in [5.74, 6) is 0.212. The number of para-hydroxylation sites is 1. The summed E-state index contributed by atoms with van der Waals surface area (Å²) in [6, 6.07) is 10.2. The van der Waals surface area contributed by atoms with Gasteiger partial charge >= 0.3 is 0 Å². The third kappa shape index (κ3) is 3.85. The average molecular weight is 326 g/mol. The van der Waals surface area contributed by atoms with Gasteiger partial charge < -0.3 is 10.6 Å². The minimum absolute atomic E-state index is 0.0371. The highest BCUT2D eigenvalue weighted by molar-refractivity contribution is 5.77. The lowest BCUT2D eigenvalue weighted by Crippen LogP contribution is -2.51. The summed E-state index contributed by atoms with van der Waals surface area (Å²) in [7, 11) is 0. The minimum atomic E-state index is 0.0371. The molecule has 128 valence electrons. The molecule has 0 saturated carbocycles. The zero-order valence-electron chi connectivity index (χ0n) is 14.3. The Hall–Kier alpha value is -2.14. The number of likely N-dealkylation sites (tertiary alicyclic amines) is 1. The van der Waals surface area contributed by atoms with Gasteiger partial charge in [0.2, 0.25) is 5.91 Å². The van der Waals surface area contributed by atoms with Crippen LogP contribution >= 0.6 is 0 Å². The molecule has 0 radical (unpaired) electrons. The molecule has 3 rings (SSSR count). The summed E-state index contributed by atoms with van der Waals surface area (Å²) < 4.78 is 1.85. The Morgan fingerprint density at radius 3 is 2.88 bits per heavy atom. The quantitative estimate of drug-likeness (QED) is 0.918. The van der Waals surface area contributed by atoms with Crippen LogP contribution in [0.4, 0.5) is 0 Å². The highest BCUT2D eigenvalue weighted by atomic mass is 16.2. The maximum Gasteiger partial charge on any atom is 0.223 e. The second-order valence-corrected chi connectivity index (χ2v) is 6.64. The Morgan fingerprint density at radius 1 is 1.33 bits per heavy atom. The van der Waals surface area contributed by atoms with Crippen LogP contribution < -0.4 is 5.73 Å². The normalized spacial score (nSPS) is 19.2. The lowest BCUT2D eigenvalue weighted by atomic mass is 9.96. The molecule has 1 aromatic carbocycles. The highest BCUT2D eigenvalue weighted by Crippen LogP contribution is 2.20. The summed E-state index contributed by atoms with van der Waals surface area (Å²) in [6.45, 7) is 2.84. The highest BCUT2D eigenvalue weighted by Gasteiger charge is 2.28. The summed E-state index contributed by atoms with van der Waals surface area (Å²) in [4.78, 5) is 14.6. The number of nitrogens with two attached hydrogens (primary N) is 1. The van der Waals surface area contributed by atoms with Crippen molar-refractivity contribution in [1.82, 2.24) is 14.7 Å². The Morgan fingerprint density at radius 2 is 2.12 bits per heavy atom. The lowest BCUT2D eigenvalue weighted by molar-refractivity contribution is -0.135. The van der Waals surface area contributed by atoms with E-state index in [9.17, 15) is 4.79 Å². The second kappa shape index (κ2) is 7.62. The first-order valence-electron chi connectivity index (χ1n) is 8.79. The van der Waals surface area contributed by atoms with E-state index in [0.717, 1.165) is 30.6 Å². The fourth-order valence-electron chi connectivity index (χ4n) is 3.42. The molecule has 2 N–H and O–H groups in total. The molecule has 2 aromatic rings. The molecule has 0 spiro atoms. The molecule has 2 heterocycles. The molecule has 0 bridgehead atoms. The van der Waals surface area contributed by atoms with E-state index in [2.05, 4.69) is 5.10 Å². The van der Waals surface area contributed by atoms with Gasteiger partial charge in [-0.25, -0.2) is 4.68 Å². The van der Waals surface area contributed by atoms with Gasteiger partial charge in [0.1, 0.15) is 0 Å². The molecule has 2 unspecified atom stereocenters. The minimum Gasteiger partial charge on any atom is -0.338 e. The summed E-state index contributed by atoms with van der Waals surface area (Å²) >= 11 is 0. The molecule has 1 aliphatic rings. The largest absolute Gasteiger partial charge is 0.338 e. The number of carbonyl (C=O) groups is 1. The number of hydrogen-bond donors (Lipinski definition) is 1. The SMILES string of the molecule is CC(N)C1CCCCN1C(=O)CCc1cnn(-c2ccccc2)c1. The number of amides is 1. The molecule has 24 heavy (non-hydrogen) atoms. The molecular formula is C19H26N4O. The molecule has 5 heteroatoms. The van der Waals surface area contributed by atoms with Crippen molar-refractivity contribution in [3.63, 3.8) is 0 Å². The van der Waals surface area contributed by atoms with Crippen molar-refractivity contribution in [1.29, 1.82) is 0 Å². The number of aromatic nitrogens is 2. The predicted octanol–water partition coefficient (Wildman–Crippen LogP) is 2.53. The number of hydrogen-bond acceptors (Lipinski definition) is 3. The van der Waals surface area contributed by atoms with E-state index in [1.165, 1.54) is 6.42 Å². The van der Waals surface area contributed by atoms with Crippen LogP contribution in [-0.2, 0) is 11.2 Å². The van der Waals surface area contributed by atoms with Crippen LogP contribution in [0.5, 0.6) is 0 Å². The maximum absolute atomic E-state index is 12.6. The molecule has 0 aliphatic carbocycles.